The molecule has 0 N–H and O–H groups in total. The van der Waals surface area contributed by atoms with Crippen LogP contribution in [-0.2, 0) is 0 Å². The lowest BCUT2D eigenvalue weighted by Crippen LogP contribution is -2.13. The topological polar surface area (TPSA) is 17.1 Å². The number of carbonyl (C=O) groups excluding carboxylic acids is 1. The monoisotopic (exact) mass is 266 g/mol. The lowest BCUT2D eigenvalue weighted by atomic mass is 9.86. The van der Waals surface area contributed by atoms with E-state index in [2.05, 4.69) is 19.1 Å². The van der Waals surface area contributed by atoms with Crippen molar-refractivity contribution >= 4 is 5.78 Å². The van der Waals surface area contributed by atoms with E-state index in [9.17, 15) is 4.79 Å². The Labute approximate surface area is 121 Å². The molecular weight excluding hydrogens is 244 g/mol. The van der Waals surface area contributed by atoms with Gasteiger partial charge in [-0.1, -0.05) is 86.8 Å². The van der Waals surface area contributed by atoms with Crippen LogP contribution in [0, 0.1) is 0 Å². The molecule has 104 valence electrons. The van der Waals surface area contributed by atoms with Crippen LogP contribution in [0.2, 0.25) is 0 Å². The summed E-state index contributed by atoms with van der Waals surface area (Å²) < 4.78 is 0. The van der Waals surface area contributed by atoms with Gasteiger partial charge in [0, 0.05) is 11.5 Å². The van der Waals surface area contributed by atoms with Crippen LogP contribution in [0.1, 0.15) is 54.4 Å². The molecule has 2 aromatic carbocycles. The predicted molar refractivity (Wildman–Crippen MR) is 84.1 cm³/mol. The molecule has 0 bridgehead atoms. The third-order valence-electron chi connectivity index (χ3n) is 3.67. The number of Topliss-reactive ketones (excluding diaryl/α,β-unsaturated/α-hetero) is 1. The van der Waals surface area contributed by atoms with Gasteiger partial charge in [-0.05, 0) is 12.0 Å². The van der Waals surface area contributed by atoms with Gasteiger partial charge in [0.2, 0.25) is 0 Å². The lowest BCUT2D eigenvalue weighted by molar-refractivity contribution is 0.0954. The van der Waals surface area contributed by atoms with E-state index < -0.39 is 0 Å². The molecule has 0 saturated carbocycles. The Morgan fingerprint density at radius 2 is 1.50 bits per heavy atom. The van der Waals surface area contributed by atoms with E-state index >= 15 is 0 Å². The molecule has 0 aromatic heterocycles. The molecular formula is C19H22O. The van der Waals surface area contributed by atoms with Gasteiger partial charge in [0.25, 0.3) is 0 Å². The number of unbranched alkanes of at least 4 members (excludes halogenated alkanes) is 2. The molecule has 20 heavy (non-hydrogen) atoms. The molecule has 1 atom stereocenters. The summed E-state index contributed by atoms with van der Waals surface area (Å²) >= 11 is 0. The number of hydrogen-bond donors (Lipinski definition) is 0. The van der Waals surface area contributed by atoms with Gasteiger partial charge in [-0.2, -0.15) is 0 Å². The van der Waals surface area contributed by atoms with E-state index in [1.165, 1.54) is 12.8 Å². The Bertz CT molecular complexity index is 516. The number of rotatable bonds is 7. The van der Waals surface area contributed by atoms with Gasteiger partial charge >= 0.3 is 0 Å². The van der Waals surface area contributed by atoms with Crippen LogP contribution in [0.25, 0.3) is 0 Å². The summed E-state index contributed by atoms with van der Waals surface area (Å²) in [6.07, 6.45) is 4.41. The third kappa shape index (κ3) is 3.80. The first-order chi connectivity index (χ1) is 9.83. The van der Waals surface area contributed by atoms with Crippen LogP contribution in [0.4, 0.5) is 0 Å². The van der Waals surface area contributed by atoms with Crippen molar-refractivity contribution in [3.8, 4) is 0 Å². The smallest absolute Gasteiger partial charge is 0.170 e. The van der Waals surface area contributed by atoms with Crippen LogP contribution >= 0.6 is 0 Å². The van der Waals surface area contributed by atoms with Gasteiger partial charge in [-0.3, -0.25) is 4.79 Å². The number of hydrogen-bond acceptors (Lipinski definition) is 1. The Morgan fingerprint density at radius 3 is 2.10 bits per heavy atom. The van der Waals surface area contributed by atoms with E-state index in [1.807, 2.05) is 48.5 Å². The van der Waals surface area contributed by atoms with Crippen molar-refractivity contribution in [2.45, 2.75) is 38.5 Å². The second kappa shape index (κ2) is 7.64. The highest BCUT2D eigenvalue weighted by atomic mass is 16.1. The second-order valence-electron chi connectivity index (χ2n) is 5.19. The van der Waals surface area contributed by atoms with Crippen molar-refractivity contribution in [3.05, 3.63) is 71.8 Å². The molecule has 0 aliphatic rings. The predicted octanol–water partition coefficient (Wildman–Crippen LogP) is 5.23. The van der Waals surface area contributed by atoms with E-state index in [0.717, 1.165) is 24.0 Å². The maximum absolute atomic E-state index is 12.7. The molecule has 0 saturated heterocycles. The number of ketones is 1. The highest BCUT2D eigenvalue weighted by molar-refractivity contribution is 6.00. The van der Waals surface area contributed by atoms with Crippen LogP contribution < -0.4 is 0 Å². The molecule has 0 amide bonds. The summed E-state index contributed by atoms with van der Waals surface area (Å²) in [6, 6.07) is 19.8. The molecule has 1 nitrogen and oxygen atoms in total. The van der Waals surface area contributed by atoms with Crippen LogP contribution in [-0.4, -0.2) is 5.78 Å². The highest BCUT2D eigenvalue weighted by Gasteiger charge is 2.21. The maximum atomic E-state index is 12.7. The van der Waals surface area contributed by atoms with Gasteiger partial charge in [0.1, 0.15) is 0 Å². The minimum absolute atomic E-state index is 0.00912. The molecule has 0 fully saturated rings. The van der Waals surface area contributed by atoms with E-state index in [0.29, 0.717) is 0 Å². The molecule has 2 rings (SSSR count). The van der Waals surface area contributed by atoms with Crippen molar-refractivity contribution in [3.63, 3.8) is 0 Å². The molecule has 1 unspecified atom stereocenters. The molecule has 0 aliphatic heterocycles. The Kier molecular flexibility index (Phi) is 5.55. The third-order valence-corrected chi connectivity index (χ3v) is 3.67. The zero-order chi connectivity index (χ0) is 14.2. The van der Waals surface area contributed by atoms with Gasteiger partial charge in [-0.15, -0.1) is 0 Å². The largest absolute Gasteiger partial charge is 0.293 e. The van der Waals surface area contributed by atoms with Crippen molar-refractivity contribution in [1.29, 1.82) is 0 Å². The number of carbonyl (C=O) groups is 1. The van der Waals surface area contributed by atoms with Crippen molar-refractivity contribution in [2.75, 3.05) is 0 Å². The average Bonchev–Trinajstić information content (AvgIpc) is 2.53. The Hall–Kier alpha value is -1.89. The summed E-state index contributed by atoms with van der Waals surface area (Å²) in [6.45, 7) is 2.19. The molecule has 0 heterocycles. The molecule has 1 heteroatoms. The van der Waals surface area contributed by atoms with E-state index in [-0.39, 0.29) is 11.7 Å². The van der Waals surface area contributed by atoms with Crippen molar-refractivity contribution in [2.24, 2.45) is 0 Å². The van der Waals surface area contributed by atoms with Crippen molar-refractivity contribution in [1.82, 2.24) is 0 Å². The summed E-state index contributed by atoms with van der Waals surface area (Å²) in [4.78, 5) is 12.7. The molecule has 2 aromatic rings. The fraction of sp³-hybridized carbons (Fsp3) is 0.316. The Morgan fingerprint density at radius 1 is 0.900 bits per heavy atom. The van der Waals surface area contributed by atoms with E-state index in [1.54, 1.807) is 0 Å². The zero-order valence-corrected chi connectivity index (χ0v) is 12.1. The van der Waals surface area contributed by atoms with Crippen LogP contribution in [0.15, 0.2) is 60.7 Å². The van der Waals surface area contributed by atoms with E-state index in [4.69, 9.17) is 0 Å². The van der Waals surface area contributed by atoms with Gasteiger partial charge in [-0.25, -0.2) is 0 Å². The summed E-state index contributed by atoms with van der Waals surface area (Å²) in [7, 11) is 0. The van der Waals surface area contributed by atoms with Gasteiger partial charge in [0.15, 0.2) is 5.78 Å². The highest BCUT2D eigenvalue weighted by Crippen LogP contribution is 2.26. The summed E-state index contributed by atoms with van der Waals surface area (Å²) in [5, 5.41) is 0. The van der Waals surface area contributed by atoms with Gasteiger partial charge < -0.3 is 0 Å². The van der Waals surface area contributed by atoms with Crippen molar-refractivity contribution < 1.29 is 4.79 Å². The zero-order valence-electron chi connectivity index (χ0n) is 12.1. The second-order valence-corrected chi connectivity index (χ2v) is 5.19. The first-order valence-corrected chi connectivity index (χ1v) is 7.47. The molecule has 0 aliphatic carbocycles. The minimum atomic E-state index is -0.00912. The number of benzene rings is 2. The Balaban J connectivity index is 2.20. The molecule has 0 radical (unpaired) electrons. The minimum Gasteiger partial charge on any atom is -0.293 e. The van der Waals surface area contributed by atoms with Gasteiger partial charge in [0.05, 0.1) is 0 Å². The SMILES string of the molecule is CCCCCC(C(=O)c1ccccc1)c1ccccc1. The summed E-state index contributed by atoms with van der Waals surface area (Å²) in [5.74, 6) is 0.234. The molecule has 0 spiro atoms. The quantitative estimate of drug-likeness (QED) is 0.495. The average molecular weight is 266 g/mol. The fourth-order valence-electron chi connectivity index (χ4n) is 2.54. The first-order valence-electron chi connectivity index (χ1n) is 7.47. The fourth-order valence-corrected chi connectivity index (χ4v) is 2.54. The lowest BCUT2D eigenvalue weighted by Gasteiger charge is -2.16. The normalized spacial score (nSPS) is 12.1. The maximum Gasteiger partial charge on any atom is 0.170 e. The van der Waals surface area contributed by atoms with Crippen LogP contribution in [0.3, 0.4) is 0 Å². The van der Waals surface area contributed by atoms with Crippen LogP contribution in [0.5, 0.6) is 0 Å². The standard InChI is InChI=1S/C19H22O/c1-2-3-6-15-18(16-11-7-4-8-12-16)19(20)17-13-9-5-10-14-17/h4-5,7-14,18H,2-3,6,15H2,1H3. The first kappa shape index (κ1) is 14.5. The summed E-state index contributed by atoms with van der Waals surface area (Å²) in [5.41, 5.74) is 1.95.